The quantitative estimate of drug-likeness (QED) is 0.293. The molecule has 176 valence electrons. The van der Waals surface area contributed by atoms with Crippen LogP contribution in [0.15, 0.2) is 4.99 Å². The molecule has 0 aromatic rings. The van der Waals surface area contributed by atoms with Gasteiger partial charge < -0.3 is 15.4 Å². The molecule has 0 radical (unpaired) electrons. The predicted octanol–water partition coefficient (Wildman–Crippen LogP) is 2.68. The molecule has 1 saturated heterocycles. The third kappa shape index (κ3) is 5.01. The fraction of sp³-hybridized carbons (Fsp3) is 0.944. The number of hydrogen-bond donors (Lipinski definition) is 2. The van der Waals surface area contributed by atoms with E-state index in [4.69, 9.17) is 4.74 Å². The first kappa shape index (κ1) is 25.9. The maximum absolute atomic E-state index is 12.7. The second kappa shape index (κ2) is 10.1. The summed E-state index contributed by atoms with van der Waals surface area (Å²) in [5.74, 6) is 0.782. The average Bonchev–Trinajstić information content (AvgIpc) is 2.61. The highest BCUT2D eigenvalue weighted by Crippen LogP contribution is 2.57. The van der Waals surface area contributed by atoms with Crippen LogP contribution in [-0.4, -0.2) is 69.6 Å². The third-order valence-corrected chi connectivity index (χ3v) is 8.37. The van der Waals surface area contributed by atoms with E-state index in [1.165, 1.54) is 6.42 Å². The molecule has 2 saturated carbocycles. The number of guanidine groups is 1. The van der Waals surface area contributed by atoms with Crippen molar-refractivity contribution in [2.45, 2.75) is 63.1 Å². The summed E-state index contributed by atoms with van der Waals surface area (Å²) in [4.78, 5) is 4.27. The largest absolute Gasteiger partial charge is 0.511 e. The summed E-state index contributed by atoms with van der Waals surface area (Å²) in [7, 11) is -3.53. The first-order valence-electron chi connectivity index (χ1n) is 10.3. The highest BCUT2D eigenvalue weighted by atomic mass is 127. The molecule has 0 aromatic heterocycles. The van der Waals surface area contributed by atoms with Gasteiger partial charge in [0.25, 0.3) is 0 Å². The van der Waals surface area contributed by atoms with Crippen molar-refractivity contribution in [2.24, 2.45) is 16.3 Å². The Hall–Kier alpha value is -0.340. The molecule has 3 fully saturated rings. The minimum Gasteiger partial charge on any atom is -0.378 e. The van der Waals surface area contributed by atoms with Gasteiger partial charge in [0.2, 0.25) is 0 Å². The molecular weight excluding hydrogens is 536 g/mol. The topological polar surface area (TPSA) is 83.0 Å². The lowest BCUT2D eigenvalue weighted by atomic mass is 9.51. The number of rotatable bonds is 6. The van der Waals surface area contributed by atoms with Gasteiger partial charge in [-0.05, 0) is 44.9 Å². The van der Waals surface area contributed by atoms with Gasteiger partial charge in [0.1, 0.15) is 0 Å². The van der Waals surface area contributed by atoms with Gasteiger partial charge in [0, 0.05) is 44.7 Å². The number of nitrogens with zero attached hydrogens (tertiary/aromatic N) is 2. The van der Waals surface area contributed by atoms with Crippen LogP contribution in [0.5, 0.6) is 0 Å². The van der Waals surface area contributed by atoms with E-state index in [-0.39, 0.29) is 48.4 Å². The van der Waals surface area contributed by atoms with E-state index in [1.807, 2.05) is 6.92 Å². The molecule has 0 bridgehead atoms. The number of sulfonamides is 1. The number of hydrogen-bond acceptors (Lipinski definition) is 4. The van der Waals surface area contributed by atoms with E-state index in [0.29, 0.717) is 41.8 Å². The zero-order valence-electron chi connectivity index (χ0n) is 17.4. The van der Waals surface area contributed by atoms with Crippen LogP contribution in [-0.2, 0) is 14.8 Å². The molecule has 7 nitrogen and oxygen atoms in total. The lowest BCUT2D eigenvalue weighted by molar-refractivity contribution is -0.168. The molecule has 2 N–H and O–H groups in total. The fourth-order valence-electron chi connectivity index (χ4n) is 4.74. The predicted molar refractivity (Wildman–Crippen MR) is 119 cm³/mol. The van der Waals surface area contributed by atoms with Crippen molar-refractivity contribution < 1.29 is 26.3 Å². The van der Waals surface area contributed by atoms with Crippen LogP contribution in [0.3, 0.4) is 0 Å². The Morgan fingerprint density at radius 2 is 1.90 bits per heavy atom. The van der Waals surface area contributed by atoms with Crippen molar-refractivity contribution >= 4 is 40.0 Å². The number of alkyl halides is 3. The van der Waals surface area contributed by atoms with Crippen molar-refractivity contribution in [3.8, 4) is 0 Å². The van der Waals surface area contributed by atoms with Gasteiger partial charge in [-0.3, -0.25) is 4.99 Å². The lowest BCUT2D eigenvalue weighted by Gasteiger charge is -2.61. The van der Waals surface area contributed by atoms with Gasteiger partial charge in [0.05, 0.1) is 6.10 Å². The Morgan fingerprint density at radius 3 is 2.37 bits per heavy atom. The molecule has 1 heterocycles. The van der Waals surface area contributed by atoms with Gasteiger partial charge >= 0.3 is 15.5 Å². The van der Waals surface area contributed by atoms with E-state index >= 15 is 0 Å². The monoisotopic (exact) mass is 568 g/mol. The molecule has 2 aliphatic carbocycles. The first-order valence-corrected chi connectivity index (χ1v) is 11.7. The molecule has 2 atom stereocenters. The van der Waals surface area contributed by atoms with Crippen LogP contribution in [0.25, 0.3) is 0 Å². The molecule has 3 rings (SSSR count). The van der Waals surface area contributed by atoms with Gasteiger partial charge in [-0.1, -0.05) is 6.42 Å². The second-order valence-electron chi connectivity index (χ2n) is 8.21. The molecular formula is C18H32F3IN4O3S. The minimum atomic E-state index is -5.23. The zero-order chi connectivity index (χ0) is 21.3. The second-order valence-corrected chi connectivity index (χ2v) is 10.1. The van der Waals surface area contributed by atoms with Gasteiger partial charge in [-0.15, -0.1) is 24.0 Å². The van der Waals surface area contributed by atoms with Crippen LogP contribution >= 0.6 is 24.0 Å². The molecule has 0 amide bonds. The Balaban J connectivity index is 0.00000320. The standard InChI is InChI=1S/C18H31F3N4O3S.HI/c1-3-28-15-11-14(17(15)7-4-8-17)24-16(22-2)23-12-13-5-9-25(10-6-13)29(26,27)18(19,20)21;/h13-15H,3-12H2,1-2H3,(H2,22,23,24);1H. The van der Waals surface area contributed by atoms with Crippen molar-refractivity contribution in [3.63, 3.8) is 0 Å². The number of nitrogens with one attached hydrogen (secondary N) is 2. The smallest absolute Gasteiger partial charge is 0.378 e. The van der Waals surface area contributed by atoms with E-state index in [0.717, 1.165) is 25.9 Å². The van der Waals surface area contributed by atoms with E-state index < -0.39 is 15.5 Å². The molecule has 12 heteroatoms. The molecule has 2 unspecified atom stereocenters. The van der Waals surface area contributed by atoms with Crippen LogP contribution in [0.4, 0.5) is 13.2 Å². The molecule has 30 heavy (non-hydrogen) atoms. The average molecular weight is 568 g/mol. The van der Waals surface area contributed by atoms with Crippen molar-refractivity contribution in [2.75, 3.05) is 33.3 Å². The SMILES string of the molecule is CCOC1CC(NC(=NC)NCC2CCN(S(=O)(=O)C(F)(F)F)CC2)C12CCC2.I. The van der Waals surface area contributed by atoms with E-state index in [1.54, 1.807) is 7.05 Å². The normalized spacial score (nSPS) is 27.7. The number of aliphatic imine (C=N–C) groups is 1. The fourth-order valence-corrected chi connectivity index (χ4v) is 5.73. The summed E-state index contributed by atoms with van der Waals surface area (Å²) in [6.07, 6.45) is 5.54. The van der Waals surface area contributed by atoms with E-state index in [9.17, 15) is 21.6 Å². The van der Waals surface area contributed by atoms with Gasteiger partial charge in [0.15, 0.2) is 5.96 Å². The van der Waals surface area contributed by atoms with Crippen LogP contribution in [0, 0.1) is 11.3 Å². The van der Waals surface area contributed by atoms with E-state index in [2.05, 4.69) is 15.6 Å². The highest BCUT2D eigenvalue weighted by molar-refractivity contribution is 14.0. The lowest BCUT2D eigenvalue weighted by Crippen LogP contribution is -2.68. The summed E-state index contributed by atoms with van der Waals surface area (Å²) < 4.78 is 67.4. The van der Waals surface area contributed by atoms with Crippen molar-refractivity contribution in [1.82, 2.24) is 14.9 Å². The summed E-state index contributed by atoms with van der Waals surface area (Å²) >= 11 is 0. The van der Waals surface area contributed by atoms with Crippen LogP contribution < -0.4 is 10.6 Å². The Kier molecular flexibility index (Phi) is 8.70. The summed E-state index contributed by atoms with van der Waals surface area (Å²) in [6.45, 7) is 3.06. The number of ether oxygens (including phenoxy) is 1. The van der Waals surface area contributed by atoms with Crippen LogP contribution in [0.1, 0.15) is 45.4 Å². The Bertz CT molecular complexity index is 708. The maximum Gasteiger partial charge on any atom is 0.511 e. The number of halogens is 4. The molecule has 1 spiro atoms. The van der Waals surface area contributed by atoms with Crippen molar-refractivity contribution in [3.05, 3.63) is 0 Å². The first-order chi connectivity index (χ1) is 13.6. The van der Waals surface area contributed by atoms with Crippen LogP contribution in [0.2, 0.25) is 0 Å². The number of piperidine rings is 1. The Labute approximate surface area is 193 Å². The maximum atomic E-state index is 12.7. The van der Waals surface area contributed by atoms with Gasteiger partial charge in [-0.25, -0.2) is 8.42 Å². The third-order valence-electron chi connectivity index (χ3n) is 6.74. The molecule has 1 aliphatic heterocycles. The highest BCUT2D eigenvalue weighted by Gasteiger charge is 2.59. The zero-order valence-corrected chi connectivity index (χ0v) is 20.5. The molecule has 0 aromatic carbocycles. The minimum absolute atomic E-state index is 0. The summed E-state index contributed by atoms with van der Waals surface area (Å²) in [6, 6.07) is 0.317. The Morgan fingerprint density at radius 1 is 1.27 bits per heavy atom. The van der Waals surface area contributed by atoms with Crippen molar-refractivity contribution in [1.29, 1.82) is 0 Å². The summed E-state index contributed by atoms with van der Waals surface area (Å²) in [5.41, 5.74) is -5.03. The van der Waals surface area contributed by atoms with Gasteiger partial charge in [-0.2, -0.15) is 17.5 Å². The molecule has 3 aliphatic rings. The summed E-state index contributed by atoms with van der Waals surface area (Å²) in [5, 5.41) is 6.74.